The summed E-state index contributed by atoms with van der Waals surface area (Å²) in [5, 5.41) is 5.69. The third-order valence-electron chi connectivity index (χ3n) is 1.70. The predicted molar refractivity (Wildman–Crippen MR) is 74.8 cm³/mol. The minimum Gasteiger partial charge on any atom is -0.461 e. The van der Waals surface area contributed by atoms with E-state index >= 15 is 0 Å². The van der Waals surface area contributed by atoms with E-state index in [4.69, 9.17) is 4.74 Å². The van der Waals surface area contributed by atoms with E-state index in [1.165, 1.54) is 0 Å². The number of carbonyl (C=O) groups excluding carboxylic acids is 2. The van der Waals surface area contributed by atoms with Gasteiger partial charge in [0.15, 0.2) is 0 Å². The first-order chi connectivity index (χ1) is 8.99. The molecule has 0 atom stereocenters. The standard InChI is InChI=1S/C7H13NO2.C6H11NO2/c1-6(2)7(9)10-5-4-8-3;1-3-6(8)9-5-4-7-2/h8H,1,4-5H2,2-3H3;3,7H,1,4-5H2,2H3. The predicted octanol–water partition coefficient (Wildman–Crippen LogP) is 0.260. The van der Waals surface area contributed by atoms with Crippen LogP contribution in [0.2, 0.25) is 0 Å². The molecule has 0 bridgehead atoms. The van der Waals surface area contributed by atoms with E-state index in [1.807, 2.05) is 0 Å². The monoisotopic (exact) mass is 272 g/mol. The molecule has 0 spiro atoms. The number of likely N-dealkylation sites (N-methyl/N-ethyl adjacent to an activating group) is 2. The van der Waals surface area contributed by atoms with Gasteiger partial charge in [0.05, 0.1) is 0 Å². The third kappa shape index (κ3) is 16.3. The molecule has 0 saturated carbocycles. The molecule has 0 aliphatic heterocycles. The summed E-state index contributed by atoms with van der Waals surface area (Å²) in [5.41, 5.74) is 0.441. The van der Waals surface area contributed by atoms with Crippen molar-refractivity contribution in [3.8, 4) is 0 Å². The maximum absolute atomic E-state index is 10.7. The van der Waals surface area contributed by atoms with Gasteiger partial charge in [0, 0.05) is 24.7 Å². The zero-order valence-corrected chi connectivity index (χ0v) is 12.0. The Morgan fingerprint density at radius 3 is 1.95 bits per heavy atom. The van der Waals surface area contributed by atoms with Crippen molar-refractivity contribution in [2.24, 2.45) is 0 Å². The van der Waals surface area contributed by atoms with Gasteiger partial charge in [-0.25, -0.2) is 9.59 Å². The SMILES string of the molecule is C=C(C)C(=O)OCCNC.C=CC(=O)OCCNC. The maximum Gasteiger partial charge on any atom is 0.333 e. The van der Waals surface area contributed by atoms with Crippen LogP contribution in [0.1, 0.15) is 6.92 Å². The number of hydrogen-bond donors (Lipinski definition) is 2. The number of nitrogens with one attached hydrogen (secondary N) is 2. The fraction of sp³-hybridized carbons (Fsp3) is 0.538. The molecule has 110 valence electrons. The van der Waals surface area contributed by atoms with E-state index in [9.17, 15) is 9.59 Å². The average molecular weight is 272 g/mol. The molecule has 0 heterocycles. The van der Waals surface area contributed by atoms with Gasteiger partial charge in [-0.05, 0) is 21.0 Å². The second-order valence-corrected chi connectivity index (χ2v) is 3.49. The summed E-state index contributed by atoms with van der Waals surface area (Å²) in [6.07, 6.45) is 1.15. The fourth-order valence-electron chi connectivity index (χ4n) is 0.682. The van der Waals surface area contributed by atoms with Crippen LogP contribution < -0.4 is 10.6 Å². The molecular weight excluding hydrogens is 248 g/mol. The molecule has 19 heavy (non-hydrogen) atoms. The average Bonchev–Trinajstić information content (AvgIpc) is 2.39. The molecule has 0 rings (SSSR count). The number of hydrogen-bond acceptors (Lipinski definition) is 6. The van der Waals surface area contributed by atoms with Crippen molar-refractivity contribution in [1.82, 2.24) is 10.6 Å². The van der Waals surface area contributed by atoms with E-state index in [0.29, 0.717) is 31.9 Å². The van der Waals surface area contributed by atoms with Crippen molar-refractivity contribution in [2.45, 2.75) is 6.92 Å². The molecule has 0 amide bonds. The quantitative estimate of drug-likeness (QED) is 0.375. The topological polar surface area (TPSA) is 76.7 Å². The molecule has 0 unspecified atom stereocenters. The molecule has 0 aromatic heterocycles. The van der Waals surface area contributed by atoms with Crippen LogP contribution in [0, 0.1) is 0 Å². The van der Waals surface area contributed by atoms with Crippen LogP contribution in [0.3, 0.4) is 0 Å². The van der Waals surface area contributed by atoms with Crippen molar-refractivity contribution in [1.29, 1.82) is 0 Å². The molecule has 2 N–H and O–H groups in total. The molecule has 6 nitrogen and oxygen atoms in total. The Labute approximate surface area is 114 Å². The van der Waals surface area contributed by atoms with Crippen LogP contribution in [-0.4, -0.2) is 52.3 Å². The maximum atomic E-state index is 10.7. The van der Waals surface area contributed by atoms with Crippen LogP contribution in [-0.2, 0) is 19.1 Å². The van der Waals surface area contributed by atoms with E-state index in [0.717, 1.165) is 6.08 Å². The van der Waals surface area contributed by atoms with Gasteiger partial charge in [-0.2, -0.15) is 0 Å². The largest absolute Gasteiger partial charge is 0.461 e. The van der Waals surface area contributed by atoms with E-state index in [2.05, 4.69) is 28.5 Å². The molecule has 6 heteroatoms. The Kier molecular flexibility index (Phi) is 14.9. The number of rotatable bonds is 8. The highest BCUT2D eigenvalue weighted by Gasteiger charge is 2.00. The van der Waals surface area contributed by atoms with Crippen LogP contribution >= 0.6 is 0 Å². The molecular formula is C13H24N2O4. The Bertz CT molecular complexity index is 290. The zero-order valence-electron chi connectivity index (χ0n) is 12.0. The lowest BCUT2D eigenvalue weighted by atomic mass is 10.4. The van der Waals surface area contributed by atoms with Gasteiger partial charge in [-0.15, -0.1) is 0 Å². The van der Waals surface area contributed by atoms with Crippen molar-refractivity contribution >= 4 is 11.9 Å². The molecule has 0 aliphatic rings. The second-order valence-electron chi connectivity index (χ2n) is 3.49. The highest BCUT2D eigenvalue weighted by molar-refractivity contribution is 5.86. The van der Waals surface area contributed by atoms with Crippen LogP contribution in [0.5, 0.6) is 0 Å². The summed E-state index contributed by atoms with van der Waals surface area (Å²) in [5.74, 6) is -0.694. The Morgan fingerprint density at radius 1 is 1.11 bits per heavy atom. The highest BCUT2D eigenvalue weighted by Crippen LogP contribution is 1.89. The lowest BCUT2D eigenvalue weighted by Gasteiger charge is -2.01. The van der Waals surface area contributed by atoms with Gasteiger partial charge in [-0.1, -0.05) is 13.2 Å². The summed E-state index contributed by atoms with van der Waals surface area (Å²) in [4.78, 5) is 21.0. The van der Waals surface area contributed by atoms with Crippen molar-refractivity contribution in [3.05, 3.63) is 24.8 Å². The van der Waals surface area contributed by atoms with Gasteiger partial charge < -0.3 is 20.1 Å². The Balaban J connectivity index is 0. The number of esters is 2. The van der Waals surface area contributed by atoms with E-state index < -0.39 is 0 Å². The first kappa shape index (κ1) is 19.7. The van der Waals surface area contributed by atoms with Crippen molar-refractivity contribution < 1.29 is 19.1 Å². The van der Waals surface area contributed by atoms with Gasteiger partial charge in [0.1, 0.15) is 13.2 Å². The van der Waals surface area contributed by atoms with Crippen LogP contribution in [0.15, 0.2) is 24.8 Å². The van der Waals surface area contributed by atoms with Crippen molar-refractivity contribution in [2.75, 3.05) is 40.4 Å². The van der Waals surface area contributed by atoms with Crippen LogP contribution in [0.25, 0.3) is 0 Å². The molecule has 0 aliphatic carbocycles. The van der Waals surface area contributed by atoms with E-state index in [1.54, 1.807) is 21.0 Å². The first-order valence-electron chi connectivity index (χ1n) is 5.90. The highest BCUT2D eigenvalue weighted by atomic mass is 16.5. The number of carbonyl (C=O) groups is 2. The Hall–Kier alpha value is -1.66. The van der Waals surface area contributed by atoms with Gasteiger partial charge in [0.25, 0.3) is 0 Å². The summed E-state index contributed by atoms with van der Waals surface area (Å²) < 4.78 is 9.35. The summed E-state index contributed by atoms with van der Waals surface area (Å²) in [6.45, 7) is 10.5. The third-order valence-corrected chi connectivity index (χ3v) is 1.70. The molecule has 0 aromatic carbocycles. The Morgan fingerprint density at radius 2 is 1.58 bits per heavy atom. The summed E-state index contributed by atoms with van der Waals surface area (Å²) in [7, 11) is 3.59. The molecule has 0 aromatic rings. The zero-order chi connectivity index (χ0) is 15.1. The molecule has 0 saturated heterocycles. The van der Waals surface area contributed by atoms with Gasteiger partial charge in [0.2, 0.25) is 0 Å². The normalized spacial score (nSPS) is 8.79. The molecule has 0 radical (unpaired) electrons. The lowest BCUT2D eigenvalue weighted by molar-refractivity contribution is -0.139. The minimum absolute atomic E-state index is 0.324. The van der Waals surface area contributed by atoms with Gasteiger partial charge in [-0.3, -0.25) is 0 Å². The van der Waals surface area contributed by atoms with Crippen molar-refractivity contribution in [3.63, 3.8) is 0 Å². The summed E-state index contributed by atoms with van der Waals surface area (Å²) in [6, 6.07) is 0. The smallest absolute Gasteiger partial charge is 0.333 e. The minimum atomic E-state index is -0.370. The van der Waals surface area contributed by atoms with E-state index in [-0.39, 0.29) is 11.9 Å². The fourth-order valence-corrected chi connectivity index (χ4v) is 0.682. The molecule has 0 fully saturated rings. The number of ether oxygens (including phenoxy) is 2. The summed E-state index contributed by atoms with van der Waals surface area (Å²) >= 11 is 0. The second kappa shape index (κ2) is 14.4. The lowest BCUT2D eigenvalue weighted by Crippen LogP contribution is -2.17. The van der Waals surface area contributed by atoms with Crippen LogP contribution in [0.4, 0.5) is 0 Å². The first-order valence-corrected chi connectivity index (χ1v) is 5.90. The van der Waals surface area contributed by atoms with Gasteiger partial charge >= 0.3 is 11.9 Å².